The van der Waals surface area contributed by atoms with Crippen molar-refractivity contribution < 1.29 is 23.5 Å². The number of halogens is 2. The number of benzene rings is 2. The maximum absolute atomic E-state index is 13.5. The fourth-order valence-electron chi connectivity index (χ4n) is 2.67. The highest BCUT2D eigenvalue weighted by Crippen LogP contribution is 2.21. The Morgan fingerprint density at radius 1 is 1.11 bits per heavy atom. The summed E-state index contributed by atoms with van der Waals surface area (Å²) < 4.78 is 28.5. The molecule has 0 radical (unpaired) electrons. The number of fused-ring (bicyclic) bond motifs is 1. The fraction of sp³-hybridized carbons (Fsp3) is 0.158. The number of anilines is 1. The van der Waals surface area contributed by atoms with E-state index < -0.39 is 35.2 Å². The van der Waals surface area contributed by atoms with E-state index in [0.717, 1.165) is 29.1 Å². The summed E-state index contributed by atoms with van der Waals surface area (Å²) in [5, 5.41) is 15.4. The van der Waals surface area contributed by atoms with Gasteiger partial charge >= 0.3 is 11.8 Å². The van der Waals surface area contributed by atoms with Crippen LogP contribution in [0, 0.1) is 11.6 Å². The van der Waals surface area contributed by atoms with Crippen LogP contribution >= 0.6 is 0 Å². The average Bonchev–Trinajstić information content (AvgIpc) is 3.02. The number of carbonyl (C=O) groups excluding carboxylic acids is 2. The molecular formula is C19H17F2N3O3. The predicted octanol–water partition coefficient (Wildman–Crippen LogP) is 2.24. The highest BCUT2D eigenvalue weighted by molar-refractivity contribution is 6.39. The fourth-order valence-corrected chi connectivity index (χ4v) is 2.67. The van der Waals surface area contributed by atoms with E-state index >= 15 is 0 Å². The third-order valence-corrected chi connectivity index (χ3v) is 4.13. The number of rotatable bonds is 4. The Bertz CT molecular complexity index is 1020. The summed E-state index contributed by atoms with van der Waals surface area (Å²) >= 11 is 0. The minimum absolute atomic E-state index is 0.212. The molecule has 1 unspecified atom stereocenters. The van der Waals surface area contributed by atoms with Crippen molar-refractivity contribution in [2.45, 2.75) is 6.10 Å². The predicted molar refractivity (Wildman–Crippen MR) is 95.9 cm³/mol. The first-order valence-corrected chi connectivity index (χ1v) is 8.12. The Balaban J connectivity index is 1.60. The number of aryl methyl sites for hydroxylation is 1. The van der Waals surface area contributed by atoms with Crippen molar-refractivity contribution in [3.63, 3.8) is 0 Å². The van der Waals surface area contributed by atoms with Crippen molar-refractivity contribution in [2.24, 2.45) is 7.05 Å². The highest BCUT2D eigenvalue weighted by Gasteiger charge is 2.18. The van der Waals surface area contributed by atoms with E-state index in [0.29, 0.717) is 5.56 Å². The van der Waals surface area contributed by atoms with Crippen molar-refractivity contribution >= 4 is 28.4 Å². The second-order valence-electron chi connectivity index (χ2n) is 6.05. The van der Waals surface area contributed by atoms with Crippen molar-refractivity contribution in [1.82, 2.24) is 9.88 Å². The average molecular weight is 373 g/mol. The SMILES string of the molecule is Cn1ccc2cc(C(O)CNC(=O)C(=O)Nc3cc(F)ccc3F)ccc21. The second-order valence-corrected chi connectivity index (χ2v) is 6.05. The topological polar surface area (TPSA) is 83.4 Å². The van der Waals surface area contributed by atoms with Crippen LogP contribution in [0.2, 0.25) is 0 Å². The summed E-state index contributed by atoms with van der Waals surface area (Å²) in [4.78, 5) is 23.6. The van der Waals surface area contributed by atoms with Crippen LogP contribution in [0.3, 0.4) is 0 Å². The van der Waals surface area contributed by atoms with E-state index in [1.165, 1.54) is 0 Å². The lowest BCUT2D eigenvalue weighted by atomic mass is 10.1. The molecule has 0 aliphatic rings. The number of aromatic nitrogens is 1. The van der Waals surface area contributed by atoms with Gasteiger partial charge in [0.2, 0.25) is 0 Å². The van der Waals surface area contributed by atoms with Gasteiger partial charge in [0.25, 0.3) is 0 Å². The molecule has 3 rings (SSSR count). The number of nitrogens with zero attached hydrogens (tertiary/aromatic N) is 1. The van der Waals surface area contributed by atoms with Gasteiger partial charge < -0.3 is 20.3 Å². The standard InChI is InChI=1S/C19H17F2N3O3/c1-24-7-6-11-8-12(2-5-16(11)24)17(25)10-22-18(26)19(27)23-15-9-13(20)3-4-14(15)21/h2-9,17,25H,10H2,1H3,(H,22,26)(H,23,27). The Labute approximate surface area is 153 Å². The van der Waals surface area contributed by atoms with Crippen molar-refractivity contribution in [3.05, 3.63) is 65.9 Å². The lowest BCUT2D eigenvalue weighted by Gasteiger charge is -2.13. The molecule has 2 amide bonds. The van der Waals surface area contributed by atoms with Gasteiger partial charge in [-0.15, -0.1) is 0 Å². The van der Waals surface area contributed by atoms with E-state index in [1.807, 2.05) is 35.3 Å². The van der Waals surface area contributed by atoms with E-state index in [1.54, 1.807) is 12.1 Å². The van der Waals surface area contributed by atoms with E-state index in [-0.39, 0.29) is 6.54 Å². The van der Waals surface area contributed by atoms with E-state index in [9.17, 15) is 23.5 Å². The zero-order valence-electron chi connectivity index (χ0n) is 14.4. The largest absolute Gasteiger partial charge is 0.387 e. The molecule has 2 aromatic carbocycles. The van der Waals surface area contributed by atoms with Gasteiger partial charge in [-0.2, -0.15) is 0 Å². The third kappa shape index (κ3) is 4.12. The van der Waals surface area contributed by atoms with Crippen LogP contribution in [-0.2, 0) is 16.6 Å². The molecule has 0 saturated heterocycles. The molecule has 6 nitrogen and oxygen atoms in total. The smallest absolute Gasteiger partial charge is 0.313 e. The molecule has 3 aromatic rings. The molecule has 0 aliphatic carbocycles. The Morgan fingerprint density at radius 2 is 1.89 bits per heavy atom. The van der Waals surface area contributed by atoms with Crippen LogP contribution < -0.4 is 10.6 Å². The normalized spacial score (nSPS) is 12.0. The lowest BCUT2D eigenvalue weighted by Crippen LogP contribution is -2.37. The zero-order chi connectivity index (χ0) is 19.6. The van der Waals surface area contributed by atoms with Gasteiger partial charge in [-0.25, -0.2) is 8.78 Å². The molecule has 27 heavy (non-hydrogen) atoms. The molecule has 0 fully saturated rings. The number of amides is 2. The van der Waals surface area contributed by atoms with Crippen LogP contribution in [0.25, 0.3) is 10.9 Å². The second kappa shape index (κ2) is 7.55. The molecule has 140 valence electrons. The molecule has 0 bridgehead atoms. The number of hydrogen-bond donors (Lipinski definition) is 3. The van der Waals surface area contributed by atoms with Crippen molar-refractivity contribution in [1.29, 1.82) is 0 Å². The summed E-state index contributed by atoms with van der Waals surface area (Å²) in [6.07, 6.45) is 0.857. The van der Waals surface area contributed by atoms with E-state index in [4.69, 9.17) is 0 Å². The summed E-state index contributed by atoms with van der Waals surface area (Å²) in [6.45, 7) is -0.212. The number of aliphatic hydroxyl groups excluding tert-OH is 1. The molecule has 1 atom stereocenters. The van der Waals surface area contributed by atoms with Crippen LogP contribution in [0.5, 0.6) is 0 Å². The van der Waals surface area contributed by atoms with Crippen molar-refractivity contribution in [3.8, 4) is 0 Å². The van der Waals surface area contributed by atoms with Gasteiger partial charge in [-0.1, -0.05) is 6.07 Å². The Hall–Kier alpha value is -3.26. The van der Waals surface area contributed by atoms with Gasteiger partial charge in [0.15, 0.2) is 0 Å². The summed E-state index contributed by atoms with van der Waals surface area (Å²) in [6, 6.07) is 9.75. The van der Waals surface area contributed by atoms with Crippen LogP contribution in [-0.4, -0.2) is 28.0 Å². The molecule has 3 N–H and O–H groups in total. The quantitative estimate of drug-likeness (QED) is 0.614. The maximum Gasteiger partial charge on any atom is 0.313 e. The highest BCUT2D eigenvalue weighted by atomic mass is 19.1. The Kier molecular flexibility index (Phi) is 5.18. The molecule has 0 spiro atoms. The first kappa shape index (κ1) is 18.5. The third-order valence-electron chi connectivity index (χ3n) is 4.13. The van der Waals surface area contributed by atoms with Crippen LogP contribution in [0.4, 0.5) is 14.5 Å². The van der Waals surface area contributed by atoms with Gasteiger partial charge in [-0.3, -0.25) is 9.59 Å². The lowest BCUT2D eigenvalue weighted by molar-refractivity contribution is -0.136. The molecule has 8 heteroatoms. The number of carbonyl (C=O) groups is 2. The minimum Gasteiger partial charge on any atom is -0.387 e. The number of nitrogens with one attached hydrogen (secondary N) is 2. The summed E-state index contributed by atoms with van der Waals surface area (Å²) in [7, 11) is 1.90. The Morgan fingerprint density at radius 3 is 2.67 bits per heavy atom. The van der Waals surface area contributed by atoms with Crippen LogP contribution in [0.1, 0.15) is 11.7 Å². The molecule has 1 heterocycles. The molecule has 0 aliphatic heterocycles. The van der Waals surface area contributed by atoms with Gasteiger partial charge in [0.05, 0.1) is 11.8 Å². The van der Waals surface area contributed by atoms with Gasteiger partial charge in [-0.05, 0) is 41.3 Å². The van der Waals surface area contributed by atoms with Crippen molar-refractivity contribution in [2.75, 3.05) is 11.9 Å². The minimum atomic E-state index is -1.16. The first-order chi connectivity index (χ1) is 12.8. The number of aliphatic hydroxyl groups is 1. The summed E-state index contributed by atoms with van der Waals surface area (Å²) in [5.74, 6) is -3.85. The zero-order valence-corrected chi connectivity index (χ0v) is 14.4. The van der Waals surface area contributed by atoms with Gasteiger partial charge in [0.1, 0.15) is 11.6 Å². The van der Waals surface area contributed by atoms with Gasteiger partial charge in [0, 0.05) is 31.4 Å². The maximum atomic E-state index is 13.5. The molecule has 0 saturated carbocycles. The molecular weight excluding hydrogens is 356 g/mol. The first-order valence-electron chi connectivity index (χ1n) is 8.12. The number of hydrogen-bond acceptors (Lipinski definition) is 3. The summed E-state index contributed by atoms with van der Waals surface area (Å²) in [5.41, 5.74) is 1.13. The van der Waals surface area contributed by atoms with Crippen LogP contribution in [0.15, 0.2) is 48.7 Å². The van der Waals surface area contributed by atoms with E-state index in [2.05, 4.69) is 5.32 Å². The monoisotopic (exact) mass is 373 g/mol. The molecule has 1 aromatic heterocycles.